The summed E-state index contributed by atoms with van der Waals surface area (Å²) in [4.78, 5) is 15.6. The van der Waals surface area contributed by atoms with Crippen LogP contribution >= 0.6 is 0 Å². The number of nitriles is 1. The van der Waals surface area contributed by atoms with Crippen molar-refractivity contribution in [1.82, 2.24) is 19.9 Å². The molecule has 4 aromatic rings. The predicted molar refractivity (Wildman–Crippen MR) is 150 cm³/mol. The summed E-state index contributed by atoms with van der Waals surface area (Å²) in [6.45, 7) is 5.01. The highest BCUT2D eigenvalue weighted by atomic mass is 19.1. The molecule has 1 aromatic heterocycles. The molecule has 2 aliphatic rings. The Balaban J connectivity index is 1.51. The van der Waals surface area contributed by atoms with Gasteiger partial charge in [0.1, 0.15) is 23.2 Å². The summed E-state index contributed by atoms with van der Waals surface area (Å²) in [5.41, 5.74) is 8.16. The number of aryl methyl sites for hydroxylation is 1. The number of aromatic nitrogens is 3. The second kappa shape index (κ2) is 9.72. The van der Waals surface area contributed by atoms with Crippen molar-refractivity contribution in [3.05, 3.63) is 70.8 Å². The zero-order valence-electron chi connectivity index (χ0n) is 23.0. The molecule has 3 N–H and O–H groups in total. The zero-order valence-corrected chi connectivity index (χ0v) is 23.0. The molecule has 3 heterocycles. The first-order valence-corrected chi connectivity index (χ1v) is 13.6. The first kappa shape index (κ1) is 27.0. The van der Waals surface area contributed by atoms with Gasteiger partial charge in [0.05, 0.1) is 23.2 Å². The average Bonchev–Trinajstić information content (AvgIpc) is 3.61. The summed E-state index contributed by atoms with van der Waals surface area (Å²) in [5.74, 6) is -1.39. The van der Waals surface area contributed by atoms with Gasteiger partial charge in [-0.2, -0.15) is 5.26 Å². The third-order valence-electron chi connectivity index (χ3n) is 8.28. The van der Waals surface area contributed by atoms with Gasteiger partial charge in [0, 0.05) is 34.8 Å². The third-order valence-corrected chi connectivity index (χ3v) is 8.28. The Labute approximate surface area is 236 Å². The molecule has 3 aromatic carbocycles. The third kappa shape index (κ3) is 4.55. The number of nitrogens with zero attached hydrogens (tertiary/aromatic N) is 5. The fourth-order valence-corrected chi connectivity index (χ4v) is 6.41. The van der Waals surface area contributed by atoms with Gasteiger partial charge in [-0.15, -0.1) is 5.10 Å². The van der Waals surface area contributed by atoms with Crippen molar-refractivity contribution in [2.75, 3.05) is 0 Å². The van der Waals surface area contributed by atoms with Gasteiger partial charge < -0.3 is 15.7 Å². The lowest BCUT2D eigenvalue weighted by molar-refractivity contribution is 0.0584. The van der Waals surface area contributed by atoms with E-state index in [0.717, 1.165) is 19.3 Å². The average molecular weight is 557 g/mol. The van der Waals surface area contributed by atoms with Crippen molar-refractivity contribution in [3.63, 3.8) is 0 Å². The molecule has 2 bridgehead atoms. The number of aliphatic hydroxyl groups is 1. The van der Waals surface area contributed by atoms with E-state index in [9.17, 15) is 19.6 Å². The number of fused-ring (bicyclic) bond motifs is 3. The van der Waals surface area contributed by atoms with Crippen LogP contribution in [0.25, 0.3) is 33.3 Å². The highest BCUT2D eigenvalue weighted by molar-refractivity contribution is 5.99. The molecule has 3 atom stereocenters. The lowest BCUT2D eigenvalue weighted by Crippen LogP contribution is -2.40. The lowest BCUT2D eigenvalue weighted by Gasteiger charge is -2.24. The highest BCUT2D eigenvalue weighted by Gasteiger charge is 2.47. The van der Waals surface area contributed by atoms with E-state index in [1.54, 1.807) is 51.1 Å². The van der Waals surface area contributed by atoms with E-state index >= 15 is 4.39 Å². The smallest absolute Gasteiger partial charge is 0.254 e. The fourth-order valence-electron chi connectivity index (χ4n) is 6.41. The quantitative estimate of drug-likeness (QED) is 0.368. The van der Waals surface area contributed by atoms with Crippen LogP contribution in [0.5, 0.6) is 0 Å². The van der Waals surface area contributed by atoms with Gasteiger partial charge in [-0.25, -0.2) is 13.5 Å². The summed E-state index contributed by atoms with van der Waals surface area (Å²) in [6, 6.07) is 12.6. The van der Waals surface area contributed by atoms with Gasteiger partial charge >= 0.3 is 0 Å². The van der Waals surface area contributed by atoms with E-state index in [-0.39, 0.29) is 41.7 Å². The summed E-state index contributed by atoms with van der Waals surface area (Å²) in [7, 11) is 0. The molecule has 2 fully saturated rings. The summed E-state index contributed by atoms with van der Waals surface area (Å²) >= 11 is 0. The van der Waals surface area contributed by atoms with Crippen LogP contribution in [-0.4, -0.2) is 54.6 Å². The Morgan fingerprint density at radius 2 is 1.93 bits per heavy atom. The zero-order chi connectivity index (χ0) is 29.2. The van der Waals surface area contributed by atoms with E-state index in [2.05, 4.69) is 10.3 Å². The number of hydrogen-bond acceptors (Lipinski definition) is 6. The number of carbonyl (C=O) groups is 1. The molecule has 41 heavy (non-hydrogen) atoms. The van der Waals surface area contributed by atoms with E-state index in [1.165, 1.54) is 16.8 Å². The van der Waals surface area contributed by atoms with E-state index < -0.39 is 17.2 Å². The first-order valence-electron chi connectivity index (χ1n) is 13.6. The number of hydrogen-bond donors (Lipinski definition) is 2. The van der Waals surface area contributed by atoms with Crippen LogP contribution in [0, 0.1) is 29.9 Å². The molecule has 0 saturated carbocycles. The molecular formula is C31H30F2N6O2. The number of halogens is 2. The molecule has 0 unspecified atom stereocenters. The van der Waals surface area contributed by atoms with Crippen LogP contribution in [0.4, 0.5) is 8.78 Å². The number of benzene rings is 3. The molecule has 10 heteroatoms. The van der Waals surface area contributed by atoms with Gasteiger partial charge in [0.2, 0.25) is 0 Å². The van der Waals surface area contributed by atoms with Gasteiger partial charge in [-0.1, -0.05) is 17.3 Å². The van der Waals surface area contributed by atoms with Gasteiger partial charge in [-0.3, -0.25) is 4.79 Å². The highest BCUT2D eigenvalue weighted by Crippen LogP contribution is 2.41. The molecule has 1 amide bonds. The molecule has 210 valence electrons. The maximum atomic E-state index is 16.1. The van der Waals surface area contributed by atoms with Gasteiger partial charge in [0.15, 0.2) is 0 Å². The Kier molecular flexibility index (Phi) is 6.40. The second-order valence-electron chi connectivity index (χ2n) is 11.8. The minimum atomic E-state index is -1.09. The minimum absolute atomic E-state index is 0.0167. The monoisotopic (exact) mass is 556 g/mol. The molecule has 2 saturated heterocycles. The summed E-state index contributed by atoms with van der Waals surface area (Å²) in [5, 5.41) is 27.9. The number of carbonyl (C=O) groups excluding carboxylic acids is 1. The summed E-state index contributed by atoms with van der Waals surface area (Å²) < 4.78 is 32.4. The van der Waals surface area contributed by atoms with Crippen LogP contribution in [0.3, 0.4) is 0 Å². The molecule has 0 aliphatic carbocycles. The normalized spacial score (nSPS) is 20.1. The van der Waals surface area contributed by atoms with Crippen molar-refractivity contribution in [2.24, 2.45) is 5.73 Å². The number of nitrogens with two attached hydrogens (primary N) is 1. The van der Waals surface area contributed by atoms with Crippen LogP contribution in [0.1, 0.15) is 54.6 Å². The Bertz CT molecular complexity index is 1750. The van der Waals surface area contributed by atoms with Crippen molar-refractivity contribution in [3.8, 4) is 28.3 Å². The Hall–Kier alpha value is -4.20. The molecule has 8 nitrogen and oxygen atoms in total. The SMILES string of the molecule is Cc1c(F)c(-c2ccc(C(=O)N3[C@@H]4CC[C@H]3[C@@H](N)C4)cc2-c2ccc(C#N)c(F)c2)cc2nnn(CC(C)(C)O)c12. The van der Waals surface area contributed by atoms with E-state index in [1.807, 2.05) is 11.0 Å². The summed E-state index contributed by atoms with van der Waals surface area (Å²) in [6.07, 6.45) is 2.54. The number of amides is 1. The number of rotatable bonds is 5. The predicted octanol–water partition coefficient (Wildman–Crippen LogP) is 4.70. The Morgan fingerprint density at radius 3 is 2.56 bits per heavy atom. The van der Waals surface area contributed by atoms with Crippen LogP contribution in [0.15, 0.2) is 42.5 Å². The second-order valence-corrected chi connectivity index (χ2v) is 11.8. The van der Waals surface area contributed by atoms with Crippen molar-refractivity contribution >= 4 is 16.9 Å². The minimum Gasteiger partial charge on any atom is -0.389 e. The first-order chi connectivity index (χ1) is 19.5. The van der Waals surface area contributed by atoms with Gasteiger partial charge in [0.25, 0.3) is 5.91 Å². The molecule has 0 radical (unpaired) electrons. The lowest BCUT2D eigenvalue weighted by atomic mass is 9.90. The van der Waals surface area contributed by atoms with E-state index in [4.69, 9.17) is 5.73 Å². The maximum Gasteiger partial charge on any atom is 0.254 e. The molecule has 2 aliphatic heterocycles. The fraction of sp³-hybridized carbons (Fsp3) is 0.355. The molecular weight excluding hydrogens is 526 g/mol. The standard InChI is InChI=1S/C31H30F2N6O2/c1-16-28(33)23(13-26-29(16)38(37-36-26)15-31(2,3)41)21-8-6-18(30(40)39-20-7-9-27(39)25(35)12-20)10-22(21)17-4-5-19(14-34)24(32)11-17/h4-6,8,10-11,13,20,25,27,41H,7,9,12,15,35H2,1-3H3/t20-,25+,27+/m1/s1. The maximum absolute atomic E-state index is 16.1. The topological polar surface area (TPSA) is 121 Å². The van der Waals surface area contributed by atoms with Crippen LogP contribution in [0.2, 0.25) is 0 Å². The van der Waals surface area contributed by atoms with Crippen molar-refractivity contribution < 1.29 is 18.7 Å². The van der Waals surface area contributed by atoms with Crippen LogP contribution < -0.4 is 5.73 Å². The largest absolute Gasteiger partial charge is 0.389 e. The molecule has 6 rings (SSSR count). The van der Waals surface area contributed by atoms with Gasteiger partial charge in [-0.05, 0) is 87.1 Å². The van der Waals surface area contributed by atoms with Crippen molar-refractivity contribution in [2.45, 2.75) is 70.3 Å². The molecule has 0 spiro atoms. The van der Waals surface area contributed by atoms with Crippen molar-refractivity contribution in [1.29, 1.82) is 5.26 Å². The Morgan fingerprint density at radius 1 is 1.15 bits per heavy atom. The van der Waals surface area contributed by atoms with Crippen LogP contribution in [-0.2, 0) is 6.54 Å². The van der Waals surface area contributed by atoms with E-state index in [0.29, 0.717) is 38.9 Å².